The standard InChI is InChI=1S/C35H43ClN4O2/c1-7-8-9-14-22-39(35(42)38-32-26(23(2)3)17-15-18-27(32)24(4)5)25(6)33-37-30-20-12-10-16-28(30)34(41)40(33)31-21-13-11-19-29(31)36/h10-13,15-21,23-25H,7-9,14,22H2,1-6H3,(H,38,42). The minimum Gasteiger partial charge on any atom is -0.315 e. The van der Waals surface area contributed by atoms with Crippen LogP contribution in [0.4, 0.5) is 10.5 Å². The van der Waals surface area contributed by atoms with E-state index in [1.54, 1.807) is 16.7 Å². The van der Waals surface area contributed by atoms with Gasteiger partial charge in [-0.1, -0.05) is 108 Å². The Labute approximate surface area is 254 Å². The molecular formula is C35H43ClN4O2. The number of halogens is 1. The summed E-state index contributed by atoms with van der Waals surface area (Å²) in [5, 5.41) is 4.24. The third kappa shape index (κ3) is 6.70. The van der Waals surface area contributed by atoms with Crippen LogP contribution in [-0.4, -0.2) is 27.0 Å². The summed E-state index contributed by atoms with van der Waals surface area (Å²) in [5.41, 5.74) is 3.99. The molecule has 42 heavy (non-hydrogen) atoms. The molecule has 222 valence electrons. The van der Waals surface area contributed by atoms with Crippen molar-refractivity contribution in [3.63, 3.8) is 0 Å². The first-order valence-corrected chi connectivity index (χ1v) is 15.5. The van der Waals surface area contributed by atoms with Gasteiger partial charge in [-0.3, -0.25) is 9.36 Å². The zero-order valence-electron chi connectivity index (χ0n) is 25.7. The molecule has 2 amide bonds. The van der Waals surface area contributed by atoms with Crippen LogP contribution in [0.3, 0.4) is 0 Å². The number of hydrogen-bond donors (Lipinski definition) is 1. The van der Waals surface area contributed by atoms with Crippen molar-refractivity contribution in [2.45, 2.75) is 85.1 Å². The molecule has 0 radical (unpaired) electrons. The number of amides is 2. The van der Waals surface area contributed by atoms with E-state index in [-0.39, 0.29) is 23.4 Å². The van der Waals surface area contributed by atoms with Gasteiger partial charge in [0.25, 0.3) is 5.56 Å². The van der Waals surface area contributed by atoms with E-state index in [0.29, 0.717) is 34.0 Å². The molecule has 7 heteroatoms. The Kier molecular flexibility index (Phi) is 10.4. The van der Waals surface area contributed by atoms with E-state index in [0.717, 1.165) is 42.5 Å². The molecule has 4 rings (SSSR count). The average molecular weight is 587 g/mol. The van der Waals surface area contributed by atoms with Gasteiger partial charge >= 0.3 is 6.03 Å². The van der Waals surface area contributed by atoms with Crippen LogP contribution in [0, 0.1) is 0 Å². The summed E-state index contributed by atoms with van der Waals surface area (Å²) in [6.07, 6.45) is 4.04. The van der Waals surface area contributed by atoms with Crippen molar-refractivity contribution in [2.24, 2.45) is 0 Å². The molecule has 1 aromatic heterocycles. The van der Waals surface area contributed by atoms with Crippen LogP contribution < -0.4 is 10.9 Å². The Morgan fingerprint density at radius 2 is 1.52 bits per heavy atom. The molecule has 6 nitrogen and oxygen atoms in total. The van der Waals surface area contributed by atoms with Gasteiger partial charge in [0.15, 0.2) is 0 Å². The lowest BCUT2D eigenvalue weighted by Gasteiger charge is -2.32. The second-order valence-corrected chi connectivity index (χ2v) is 12.0. The van der Waals surface area contributed by atoms with Crippen LogP contribution >= 0.6 is 11.6 Å². The first-order valence-electron chi connectivity index (χ1n) is 15.1. The summed E-state index contributed by atoms with van der Waals surface area (Å²) in [6, 6.07) is 20.1. The molecule has 0 aliphatic carbocycles. The molecule has 3 aromatic carbocycles. The first-order chi connectivity index (χ1) is 20.1. The third-order valence-corrected chi connectivity index (χ3v) is 8.17. The number of anilines is 1. The van der Waals surface area contributed by atoms with Crippen molar-refractivity contribution >= 4 is 34.2 Å². The highest BCUT2D eigenvalue weighted by molar-refractivity contribution is 6.32. The largest absolute Gasteiger partial charge is 0.322 e. The average Bonchev–Trinajstić information content (AvgIpc) is 2.97. The predicted octanol–water partition coefficient (Wildman–Crippen LogP) is 9.46. The number of benzene rings is 3. The van der Waals surface area contributed by atoms with Crippen LogP contribution in [0.1, 0.15) is 102 Å². The van der Waals surface area contributed by atoms with Gasteiger partial charge in [-0.05, 0) is 60.6 Å². The van der Waals surface area contributed by atoms with Gasteiger partial charge in [0.1, 0.15) is 5.82 Å². The Bertz CT molecular complexity index is 1570. The second kappa shape index (κ2) is 14.0. The lowest BCUT2D eigenvalue weighted by atomic mass is 9.92. The Morgan fingerprint density at radius 3 is 2.17 bits per heavy atom. The summed E-state index contributed by atoms with van der Waals surface area (Å²) in [7, 11) is 0. The van der Waals surface area contributed by atoms with Gasteiger partial charge in [0, 0.05) is 12.2 Å². The maximum absolute atomic E-state index is 14.3. The van der Waals surface area contributed by atoms with E-state index in [9.17, 15) is 9.59 Å². The topological polar surface area (TPSA) is 67.2 Å². The molecule has 0 fully saturated rings. The van der Waals surface area contributed by atoms with Crippen LogP contribution in [0.15, 0.2) is 71.5 Å². The van der Waals surface area contributed by atoms with Crippen molar-refractivity contribution < 1.29 is 4.79 Å². The quantitative estimate of drug-likeness (QED) is 0.178. The molecule has 0 saturated carbocycles. The molecular weight excluding hydrogens is 544 g/mol. The van der Waals surface area contributed by atoms with Crippen LogP contribution in [-0.2, 0) is 0 Å². The van der Waals surface area contributed by atoms with Crippen molar-refractivity contribution in [3.8, 4) is 5.69 Å². The van der Waals surface area contributed by atoms with Gasteiger partial charge in [-0.15, -0.1) is 0 Å². The van der Waals surface area contributed by atoms with Gasteiger partial charge in [0.05, 0.1) is 27.7 Å². The summed E-state index contributed by atoms with van der Waals surface area (Å²) >= 11 is 6.64. The number of urea groups is 1. The molecule has 1 heterocycles. The summed E-state index contributed by atoms with van der Waals surface area (Å²) in [6.45, 7) is 13.2. The first kappa shape index (κ1) is 31.3. The number of hydrogen-bond acceptors (Lipinski definition) is 3. The molecule has 0 aliphatic rings. The SMILES string of the molecule is CCCCCCN(C(=O)Nc1c(C(C)C)cccc1C(C)C)C(C)c1nc2ccccc2c(=O)n1-c1ccccc1Cl. The number of unbranched alkanes of at least 4 members (excludes halogenated alkanes) is 3. The Balaban J connectivity index is 1.85. The molecule has 1 N–H and O–H groups in total. The Morgan fingerprint density at radius 1 is 0.881 bits per heavy atom. The monoisotopic (exact) mass is 586 g/mol. The third-order valence-electron chi connectivity index (χ3n) is 7.85. The lowest BCUT2D eigenvalue weighted by Crippen LogP contribution is -2.41. The van der Waals surface area contributed by atoms with E-state index in [1.807, 2.05) is 48.2 Å². The minimum atomic E-state index is -0.520. The van der Waals surface area contributed by atoms with Gasteiger partial charge in [0.2, 0.25) is 0 Å². The van der Waals surface area contributed by atoms with Crippen LogP contribution in [0.5, 0.6) is 0 Å². The predicted molar refractivity (Wildman–Crippen MR) is 175 cm³/mol. The number of carbonyl (C=O) groups is 1. The van der Waals surface area contributed by atoms with Crippen molar-refractivity contribution in [1.82, 2.24) is 14.5 Å². The maximum atomic E-state index is 14.3. The van der Waals surface area contributed by atoms with E-state index < -0.39 is 6.04 Å². The van der Waals surface area contributed by atoms with E-state index in [4.69, 9.17) is 16.6 Å². The molecule has 0 spiro atoms. The number of carbonyl (C=O) groups excluding carboxylic acids is 1. The molecule has 0 saturated heterocycles. The second-order valence-electron chi connectivity index (χ2n) is 11.6. The van der Waals surface area contributed by atoms with E-state index >= 15 is 0 Å². The smallest absolute Gasteiger partial charge is 0.315 e. The van der Waals surface area contributed by atoms with E-state index in [1.165, 1.54) is 0 Å². The highest BCUT2D eigenvalue weighted by atomic mass is 35.5. The number of rotatable bonds is 11. The molecule has 1 unspecified atom stereocenters. The number of para-hydroxylation sites is 3. The number of nitrogens with one attached hydrogen (secondary N) is 1. The summed E-state index contributed by atoms with van der Waals surface area (Å²) in [4.78, 5) is 35.1. The minimum absolute atomic E-state index is 0.206. The maximum Gasteiger partial charge on any atom is 0.322 e. The van der Waals surface area contributed by atoms with Gasteiger partial charge < -0.3 is 10.2 Å². The number of nitrogens with zero attached hydrogens (tertiary/aromatic N) is 3. The fraction of sp³-hybridized carbons (Fsp3) is 0.400. The van der Waals surface area contributed by atoms with Crippen molar-refractivity contribution in [2.75, 3.05) is 11.9 Å². The number of fused-ring (bicyclic) bond motifs is 1. The van der Waals surface area contributed by atoms with Gasteiger partial charge in [-0.25, -0.2) is 9.78 Å². The zero-order valence-corrected chi connectivity index (χ0v) is 26.4. The van der Waals surface area contributed by atoms with E-state index in [2.05, 4.69) is 58.1 Å². The normalized spacial score (nSPS) is 12.2. The number of aromatic nitrogens is 2. The highest BCUT2D eigenvalue weighted by Gasteiger charge is 2.28. The fourth-order valence-corrected chi connectivity index (χ4v) is 5.71. The Hall–Kier alpha value is -3.64. The molecule has 1 atom stereocenters. The van der Waals surface area contributed by atoms with Crippen LogP contribution in [0.25, 0.3) is 16.6 Å². The zero-order chi connectivity index (χ0) is 30.4. The molecule has 0 bridgehead atoms. The molecule has 4 aromatic rings. The fourth-order valence-electron chi connectivity index (χ4n) is 5.49. The van der Waals surface area contributed by atoms with Crippen molar-refractivity contribution in [3.05, 3.63) is 99.1 Å². The summed E-state index contributed by atoms with van der Waals surface area (Å²) < 4.78 is 1.57. The molecule has 0 aliphatic heterocycles. The highest BCUT2D eigenvalue weighted by Crippen LogP contribution is 2.34. The lowest BCUT2D eigenvalue weighted by molar-refractivity contribution is 0.187. The van der Waals surface area contributed by atoms with Crippen LogP contribution in [0.2, 0.25) is 5.02 Å². The summed E-state index contributed by atoms with van der Waals surface area (Å²) in [5.74, 6) is 0.947. The van der Waals surface area contributed by atoms with Gasteiger partial charge in [-0.2, -0.15) is 0 Å². The van der Waals surface area contributed by atoms with Crippen molar-refractivity contribution in [1.29, 1.82) is 0 Å².